The molecule has 0 aromatic rings. The smallest absolute Gasteiger partial charge is 0.454 e. The Morgan fingerprint density at radius 3 is 1.86 bits per heavy atom. The molecule has 0 radical (unpaired) electrons. The van der Waals surface area contributed by atoms with E-state index in [1.807, 2.05) is 0 Å². The number of unbranched alkanes of at least 4 members (excludes halogenated alkanes) is 12. The van der Waals surface area contributed by atoms with E-state index >= 15 is 0 Å². The maximum absolute atomic E-state index is 12.9. The van der Waals surface area contributed by atoms with Crippen LogP contribution in [0.25, 0.3) is 0 Å². The van der Waals surface area contributed by atoms with Crippen LogP contribution < -0.4 is 0 Å². The summed E-state index contributed by atoms with van der Waals surface area (Å²) in [4.78, 5) is 24.9. The Labute approximate surface area is 323 Å². The van der Waals surface area contributed by atoms with Crippen LogP contribution in [0.1, 0.15) is 96.8 Å². The molecule has 4 saturated heterocycles. The summed E-state index contributed by atoms with van der Waals surface area (Å²) in [6.45, 7) is -0.354. The zero-order valence-corrected chi connectivity index (χ0v) is 32.3. The first-order valence-electron chi connectivity index (χ1n) is 19.3. The number of aliphatic hydroxyl groups is 10. The van der Waals surface area contributed by atoms with E-state index in [-0.39, 0.29) is 6.42 Å². The molecule has 326 valence electrons. The Balaban J connectivity index is 1.32. The molecule has 4 aliphatic rings. The van der Waals surface area contributed by atoms with E-state index in [1.54, 1.807) is 0 Å². The molecule has 22 heteroatoms. The van der Waals surface area contributed by atoms with Crippen molar-refractivity contribution in [3.63, 3.8) is 0 Å². The van der Waals surface area contributed by atoms with Gasteiger partial charge in [-0.05, 0) is 6.42 Å². The molecule has 1 unspecified atom stereocenters. The number of hydrogen-bond acceptors (Lipinski definition) is 21. The first kappa shape index (κ1) is 47.2. The van der Waals surface area contributed by atoms with E-state index in [9.17, 15) is 65.2 Å². The number of esters is 1. The standard InChI is InChI=1S/C34H59O21P/c1-2-3-4-5-6-7-8-9-10-11-12-13-14-15-22(37)52-28-26(41)24(39)21(18-49-30-27(42)25(40)23(38)20(16-35)50-30)51-31(28)48-17-19(36)29(43)33(45)34(46)32(44)53-56(47,54-33)55-34/h19-21,23-31,35-36,38-43,45-46H,2-18H2,1H3/t19-,20-,21-,23-,24-,25+,26+,27-,28-,29-,30+,31+,33+,34+,56?/m1/s1. The van der Waals surface area contributed by atoms with Crippen molar-refractivity contribution in [2.45, 2.75) is 182 Å². The number of ether oxygens (including phenoxy) is 5. The highest BCUT2D eigenvalue weighted by atomic mass is 31.2. The second-order valence-corrected chi connectivity index (χ2v) is 16.1. The highest BCUT2D eigenvalue weighted by Gasteiger charge is 2.81. The number of aliphatic hydroxyl groups excluding tert-OH is 8. The number of rotatable bonds is 24. The minimum atomic E-state index is -4.86. The lowest BCUT2D eigenvalue weighted by atomic mass is 9.95. The molecule has 21 nitrogen and oxygen atoms in total. The van der Waals surface area contributed by atoms with Gasteiger partial charge in [0, 0.05) is 6.42 Å². The Hall–Kier alpha value is -1.47. The molecule has 0 aromatic heterocycles. The van der Waals surface area contributed by atoms with E-state index in [2.05, 4.69) is 20.5 Å². The highest BCUT2D eigenvalue weighted by Crippen LogP contribution is 2.70. The number of fused-ring (bicyclic) bond motifs is 2. The lowest BCUT2D eigenvalue weighted by Crippen LogP contribution is -2.67. The van der Waals surface area contributed by atoms with Crippen LogP contribution >= 0.6 is 7.82 Å². The summed E-state index contributed by atoms with van der Waals surface area (Å²) in [6.07, 6.45) is -8.31. The van der Waals surface area contributed by atoms with Gasteiger partial charge in [0.1, 0.15) is 54.9 Å². The molecule has 2 bridgehead atoms. The SMILES string of the molecule is CCCCCCCCCCCCCCCC(=O)O[C@H]1[C@@H](OC[C@@H](O)[C@@H](O)[C@]2(O)OP3(=O)OC(=O)[C@]2(O)O3)O[C@H](CO[C@H]2O[C@H](CO)[C@@H](O)[C@H](O)[C@H]2O)[C@@H](O)[C@@H]1O. The summed E-state index contributed by atoms with van der Waals surface area (Å²) in [5.74, 6) is -9.58. The van der Waals surface area contributed by atoms with Gasteiger partial charge in [0.05, 0.1) is 19.8 Å². The first-order valence-corrected chi connectivity index (χ1v) is 20.8. The van der Waals surface area contributed by atoms with Crippen LogP contribution in [0.5, 0.6) is 0 Å². The molecule has 4 fully saturated rings. The molecule has 56 heavy (non-hydrogen) atoms. The van der Waals surface area contributed by atoms with Crippen LogP contribution in [0.2, 0.25) is 0 Å². The van der Waals surface area contributed by atoms with Gasteiger partial charge in [-0.25, -0.2) is 18.4 Å². The molecular formula is C34H59O21P. The molecule has 0 aromatic carbocycles. The van der Waals surface area contributed by atoms with Crippen LogP contribution in [0.15, 0.2) is 0 Å². The predicted molar refractivity (Wildman–Crippen MR) is 184 cm³/mol. The largest absolute Gasteiger partial charge is 0.538 e. The quantitative estimate of drug-likeness (QED) is 0.0300. The maximum Gasteiger partial charge on any atom is 0.538 e. The highest BCUT2D eigenvalue weighted by molar-refractivity contribution is 7.50. The Morgan fingerprint density at radius 1 is 0.750 bits per heavy atom. The Bertz CT molecular complexity index is 1290. The molecular weight excluding hydrogens is 775 g/mol. The topological polar surface area (TPSA) is 327 Å². The van der Waals surface area contributed by atoms with Crippen molar-refractivity contribution in [3.05, 3.63) is 0 Å². The van der Waals surface area contributed by atoms with Crippen LogP contribution in [-0.2, 0) is 51.4 Å². The van der Waals surface area contributed by atoms with Gasteiger partial charge in [-0.3, -0.25) is 4.79 Å². The third kappa shape index (κ3) is 11.2. The van der Waals surface area contributed by atoms with E-state index in [0.717, 1.165) is 32.1 Å². The van der Waals surface area contributed by atoms with Gasteiger partial charge in [0.2, 0.25) is 0 Å². The number of carbonyl (C=O) groups is 2. The summed E-state index contributed by atoms with van der Waals surface area (Å²) in [7, 11) is -4.86. The molecule has 0 aliphatic carbocycles. The predicted octanol–water partition coefficient (Wildman–Crippen LogP) is -1.53. The molecule has 15 atom stereocenters. The fourth-order valence-electron chi connectivity index (χ4n) is 6.86. The molecule has 4 aliphatic heterocycles. The van der Waals surface area contributed by atoms with Gasteiger partial charge in [-0.15, -0.1) is 0 Å². The van der Waals surface area contributed by atoms with Crippen LogP contribution in [-0.4, -0.2) is 168 Å². The van der Waals surface area contributed by atoms with Crippen molar-refractivity contribution < 1.29 is 102 Å². The number of phosphoric acid groups is 1. The molecule has 0 spiro atoms. The van der Waals surface area contributed by atoms with E-state index in [0.29, 0.717) is 6.42 Å². The van der Waals surface area contributed by atoms with Gasteiger partial charge in [-0.1, -0.05) is 84.0 Å². The lowest BCUT2D eigenvalue weighted by molar-refractivity contribution is -0.344. The monoisotopic (exact) mass is 834 g/mol. The lowest BCUT2D eigenvalue weighted by Gasteiger charge is -2.44. The van der Waals surface area contributed by atoms with Crippen molar-refractivity contribution in [3.8, 4) is 0 Å². The van der Waals surface area contributed by atoms with Gasteiger partial charge in [-0.2, -0.15) is 0 Å². The van der Waals surface area contributed by atoms with Crippen molar-refractivity contribution in [2.75, 3.05) is 19.8 Å². The summed E-state index contributed by atoms with van der Waals surface area (Å²) >= 11 is 0. The summed E-state index contributed by atoms with van der Waals surface area (Å²) < 4.78 is 52.9. The van der Waals surface area contributed by atoms with Gasteiger partial charge >= 0.3 is 25.5 Å². The van der Waals surface area contributed by atoms with Crippen molar-refractivity contribution in [1.29, 1.82) is 0 Å². The average Bonchev–Trinajstić information content (AvgIpc) is 3.53. The second-order valence-electron chi connectivity index (χ2n) is 14.7. The van der Waals surface area contributed by atoms with Gasteiger partial charge in [0.15, 0.2) is 18.7 Å². The molecule has 0 amide bonds. The van der Waals surface area contributed by atoms with Gasteiger partial charge in [0.25, 0.3) is 5.79 Å². The van der Waals surface area contributed by atoms with E-state index in [4.69, 9.17) is 23.7 Å². The van der Waals surface area contributed by atoms with Crippen molar-refractivity contribution in [1.82, 2.24) is 0 Å². The van der Waals surface area contributed by atoms with Crippen LogP contribution in [0, 0.1) is 0 Å². The summed E-state index contributed by atoms with van der Waals surface area (Å²) in [5, 5.41) is 104. The normalized spacial score (nSPS) is 39.4. The van der Waals surface area contributed by atoms with Gasteiger partial charge < -0.3 is 79.3 Å². The third-order valence-corrected chi connectivity index (χ3v) is 11.7. The Morgan fingerprint density at radius 2 is 1.30 bits per heavy atom. The zero-order chi connectivity index (χ0) is 41.3. The number of carbonyl (C=O) groups excluding carboxylic acids is 2. The number of phosphoric ester groups is 1. The molecule has 0 saturated carbocycles. The van der Waals surface area contributed by atoms with Crippen LogP contribution in [0.3, 0.4) is 0 Å². The Kier molecular flexibility index (Phi) is 17.8. The number of hydrogen-bond donors (Lipinski definition) is 10. The second kappa shape index (κ2) is 21.2. The van der Waals surface area contributed by atoms with E-state index < -0.39 is 125 Å². The summed E-state index contributed by atoms with van der Waals surface area (Å²) in [5.41, 5.74) is 0. The molecule has 10 N–H and O–H groups in total. The average molecular weight is 835 g/mol. The fourth-order valence-corrected chi connectivity index (χ4v) is 8.40. The third-order valence-electron chi connectivity index (χ3n) is 10.3. The molecule has 4 heterocycles. The molecule has 4 rings (SSSR count). The van der Waals surface area contributed by atoms with E-state index in [1.165, 1.54) is 44.9 Å². The fraction of sp³-hybridized carbons (Fsp3) is 0.941. The minimum absolute atomic E-state index is 0.0755. The van der Waals surface area contributed by atoms with Crippen LogP contribution in [0.4, 0.5) is 0 Å². The maximum atomic E-state index is 12.9. The summed E-state index contributed by atoms with van der Waals surface area (Å²) in [6, 6.07) is 0. The van der Waals surface area contributed by atoms with Crippen molar-refractivity contribution in [2.24, 2.45) is 0 Å². The first-order chi connectivity index (χ1) is 26.5. The zero-order valence-electron chi connectivity index (χ0n) is 31.4. The minimum Gasteiger partial charge on any atom is -0.454 e. The van der Waals surface area contributed by atoms with Crippen molar-refractivity contribution >= 4 is 19.8 Å².